The number of carboxylic acids is 1. The molecule has 0 spiro atoms. The van der Waals surface area contributed by atoms with Crippen molar-refractivity contribution < 1.29 is 9.90 Å². The molecule has 0 aliphatic carbocycles. The molecule has 0 bridgehead atoms. The van der Waals surface area contributed by atoms with E-state index in [2.05, 4.69) is 4.98 Å². The Balaban J connectivity index is 2.23. The molecule has 3 nitrogen and oxygen atoms in total. The molecule has 0 radical (unpaired) electrons. The Morgan fingerprint density at radius 1 is 1.12 bits per heavy atom. The molecule has 3 heteroatoms. The molecule has 0 amide bonds. The first-order chi connectivity index (χ1) is 8.15. The van der Waals surface area contributed by atoms with Crippen LogP contribution in [0.4, 0.5) is 0 Å². The number of aliphatic carboxylic acids is 1. The summed E-state index contributed by atoms with van der Waals surface area (Å²) in [6, 6.07) is 11.5. The van der Waals surface area contributed by atoms with Gasteiger partial charge in [-0.3, -0.25) is 9.78 Å². The summed E-state index contributed by atoms with van der Waals surface area (Å²) in [5.74, 6) is -0.810. The highest BCUT2D eigenvalue weighted by Crippen LogP contribution is 2.19. The zero-order valence-corrected chi connectivity index (χ0v) is 9.55. The average molecular weight is 227 g/mol. The van der Waals surface area contributed by atoms with Crippen LogP contribution in [0.5, 0.6) is 0 Å². The van der Waals surface area contributed by atoms with Crippen molar-refractivity contribution in [2.75, 3.05) is 0 Å². The normalized spacial score (nSPS) is 10.2. The fraction of sp³-hybridized carbons (Fsp3) is 0.143. The van der Waals surface area contributed by atoms with Gasteiger partial charge in [-0.15, -0.1) is 0 Å². The number of carbonyl (C=O) groups is 1. The second kappa shape index (κ2) is 4.78. The summed E-state index contributed by atoms with van der Waals surface area (Å²) in [4.78, 5) is 14.8. The number of aryl methyl sites for hydroxylation is 1. The van der Waals surface area contributed by atoms with Crippen molar-refractivity contribution in [3.63, 3.8) is 0 Å². The quantitative estimate of drug-likeness (QED) is 0.877. The maximum absolute atomic E-state index is 10.6. The summed E-state index contributed by atoms with van der Waals surface area (Å²) in [6.07, 6.45) is 1.88. The summed E-state index contributed by atoms with van der Waals surface area (Å²) in [7, 11) is 0. The first kappa shape index (κ1) is 11.3. The summed E-state index contributed by atoms with van der Waals surface area (Å²) < 4.78 is 0. The van der Waals surface area contributed by atoms with E-state index in [1.54, 1.807) is 0 Å². The van der Waals surface area contributed by atoms with Crippen molar-refractivity contribution in [1.29, 1.82) is 0 Å². The van der Waals surface area contributed by atoms with Crippen LogP contribution >= 0.6 is 0 Å². The van der Waals surface area contributed by atoms with Gasteiger partial charge < -0.3 is 5.11 Å². The average Bonchev–Trinajstić information content (AvgIpc) is 2.30. The summed E-state index contributed by atoms with van der Waals surface area (Å²) in [5.41, 5.74) is 3.88. The molecule has 1 N–H and O–H groups in total. The van der Waals surface area contributed by atoms with Gasteiger partial charge in [0.15, 0.2) is 0 Å². The Labute approximate surface area is 99.8 Å². The van der Waals surface area contributed by atoms with Crippen molar-refractivity contribution in [2.45, 2.75) is 13.3 Å². The predicted octanol–water partition coefficient (Wildman–Crippen LogP) is 2.68. The van der Waals surface area contributed by atoms with Crippen molar-refractivity contribution in [3.8, 4) is 11.1 Å². The monoisotopic (exact) mass is 227 g/mol. The van der Waals surface area contributed by atoms with E-state index in [0.29, 0.717) is 0 Å². The Morgan fingerprint density at radius 3 is 2.29 bits per heavy atom. The van der Waals surface area contributed by atoms with E-state index in [1.807, 2.05) is 49.5 Å². The fourth-order valence-electron chi connectivity index (χ4n) is 1.63. The molecular formula is C14H13NO2. The molecule has 0 saturated carbocycles. The van der Waals surface area contributed by atoms with Gasteiger partial charge in [-0.2, -0.15) is 0 Å². The number of aromatic nitrogens is 1. The van der Waals surface area contributed by atoms with Crippen molar-refractivity contribution in [3.05, 3.63) is 53.9 Å². The number of benzene rings is 1. The largest absolute Gasteiger partial charge is 0.481 e. The number of carboxylic acid groups (broad SMARTS) is 1. The highest BCUT2D eigenvalue weighted by atomic mass is 16.4. The summed E-state index contributed by atoms with van der Waals surface area (Å²) in [5, 5.41) is 8.67. The van der Waals surface area contributed by atoms with Gasteiger partial charge in [-0.25, -0.2) is 0 Å². The zero-order chi connectivity index (χ0) is 12.3. The lowest BCUT2D eigenvalue weighted by atomic mass is 10.0. The number of pyridine rings is 1. The lowest BCUT2D eigenvalue weighted by Gasteiger charge is -2.03. The third-order valence-corrected chi connectivity index (χ3v) is 2.55. The first-order valence-electron chi connectivity index (χ1n) is 5.39. The van der Waals surface area contributed by atoms with Crippen LogP contribution in [0.2, 0.25) is 0 Å². The first-order valence-corrected chi connectivity index (χ1v) is 5.39. The van der Waals surface area contributed by atoms with E-state index >= 15 is 0 Å². The smallest absolute Gasteiger partial charge is 0.307 e. The van der Waals surface area contributed by atoms with E-state index in [4.69, 9.17) is 5.11 Å². The molecule has 1 aromatic carbocycles. The second-order valence-corrected chi connectivity index (χ2v) is 3.96. The van der Waals surface area contributed by atoms with Gasteiger partial charge in [-0.1, -0.05) is 30.3 Å². The molecule has 2 aromatic rings. The molecule has 0 atom stereocenters. The lowest BCUT2D eigenvalue weighted by Crippen LogP contribution is -1.99. The minimum Gasteiger partial charge on any atom is -0.481 e. The molecule has 2 rings (SSSR count). The van der Waals surface area contributed by atoms with Crippen LogP contribution in [0, 0.1) is 6.92 Å². The summed E-state index contributed by atoms with van der Waals surface area (Å²) >= 11 is 0. The van der Waals surface area contributed by atoms with Crippen molar-refractivity contribution in [1.82, 2.24) is 4.98 Å². The fourth-order valence-corrected chi connectivity index (χ4v) is 1.63. The van der Waals surface area contributed by atoms with Gasteiger partial charge in [0.05, 0.1) is 6.42 Å². The van der Waals surface area contributed by atoms with Gasteiger partial charge in [0.25, 0.3) is 0 Å². The third-order valence-electron chi connectivity index (χ3n) is 2.55. The minimum atomic E-state index is -0.810. The van der Waals surface area contributed by atoms with Crippen LogP contribution in [0.25, 0.3) is 11.1 Å². The maximum atomic E-state index is 10.6. The lowest BCUT2D eigenvalue weighted by molar-refractivity contribution is -0.136. The van der Waals surface area contributed by atoms with Gasteiger partial charge in [0.1, 0.15) is 0 Å². The second-order valence-electron chi connectivity index (χ2n) is 3.96. The molecule has 0 aliphatic rings. The minimum absolute atomic E-state index is 0.0619. The van der Waals surface area contributed by atoms with Crippen LogP contribution < -0.4 is 0 Å². The van der Waals surface area contributed by atoms with Crippen LogP contribution in [0.3, 0.4) is 0 Å². The Bertz CT molecular complexity index is 515. The number of rotatable bonds is 3. The molecule has 0 fully saturated rings. The van der Waals surface area contributed by atoms with Crippen LogP contribution in [-0.4, -0.2) is 16.1 Å². The van der Waals surface area contributed by atoms with E-state index in [1.165, 1.54) is 0 Å². The van der Waals surface area contributed by atoms with E-state index in [0.717, 1.165) is 22.4 Å². The van der Waals surface area contributed by atoms with Gasteiger partial charge in [0, 0.05) is 17.5 Å². The molecule has 17 heavy (non-hydrogen) atoms. The molecule has 1 heterocycles. The Kier molecular flexibility index (Phi) is 3.19. The highest BCUT2D eigenvalue weighted by molar-refractivity contribution is 5.71. The molecule has 0 aliphatic heterocycles. The zero-order valence-electron chi connectivity index (χ0n) is 9.55. The topological polar surface area (TPSA) is 50.2 Å². The Morgan fingerprint density at radius 2 is 1.76 bits per heavy atom. The predicted molar refractivity (Wildman–Crippen MR) is 65.7 cm³/mol. The molecule has 86 valence electrons. The SMILES string of the molecule is Cc1ccc(-c2ccc(CC(=O)O)cc2)cn1. The van der Waals surface area contributed by atoms with E-state index < -0.39 is 5.97 Å². The van der Waals surface area contributed by atoms with Gasteiger partial charge in [-0.05, 0) is 24.1 Å². The van der Waals surface area contributed by atoms with E-state index in [-0.39, 0.29) is 6.42 Å². The van der Waals surface area contributed by atoms with Crippen molar-refractivity contribution in [2.24, 2.45) is 0 Å². The highest BCUT2D eigenvalue weighted by Gasteiger charge is 2.01. The van der Waals surface area contributed by atoms with Crippen LogP contribution in [0.1, 0.15) is 11.3 Å². The van der Waals surface area contributed by atoms with Crippen molar-refractivity contribution >= 4 is 5.97 Å². The van der Waals surface area contributed by atoms with Gasteiger partial charge >= 0.3 is 5.97 Å². The molecule has 0 unspecified atom stereocenters. The standard InChI is InChI=1S/C14H13NO2/c1-10-2-5-13(9-15-10)12-6-3-11(4-7-12)8-14(16)17/h2-7,9H,8H2,1H3,(H,16,17). The molecule has 0 saturated heterocycles. The Hall–Kier alpha value is -2.16. The maximum Gasteiger partial charge on any atom is 0.307 e. The van der Waals surface area contributed by atoms with Crippen LogP contribution in [0.15, 0.2) is 42.6 Å². The number of hydrogen-bond acceptors (Lipinski definition) is 2. The number of hydrogen-bond donors (Lipinski definition) is 1. The van der Waals surface area contributed by atoms with E-state index in [9.17, 15) is 4.79 Å². The summed E-state index contributed by atoms with van der Waals surface area (Å²) in [6.45, 7) is 1.94. The third kappa shape index (κ3) is 2.91. The number of nitrogens with zero attached hydrogens (tertiary/aromatic N) is 1. The molecule has 1 aromatic heterocycles. The van der Waals surface area contributed by atoms with Gasteiger partial charge in [0.2, 0.25) is 0 Å². The molecular weight excluding hydrogens is 214 g/mol. The van der Waals surface area contributed by atoms with Crippen LogP contribution in [-0.2, 0) is 11.2 Å².